The van der Waals surface area contributed by atoms with Gasteiger partial charge in [0, 0.05) is 31.6 Å². The second-order valence-corrected chi connectivity index (χ2v) is 7.27. The highest BCUT2D eigenvalue weighted by atomic mass is 16.5. The quantitative estimate of drug-likeness (QED) is 0.902. The van der Waals surface area contributed by atoms with Gasteiger partial charge in [0.1, 0.15) is 11.4 Å². The van der Waals surface area contributed by atoms with Crippen molar-refractivity contribution in [2.75, 3.05) is 19.6 Å². The van der Waals surface area contributed by atoms with Gasteiger partial charge < -0.3 is 19.8 Å². The number of β-amino-alcohol motifs (C(OH)–C–C–N with tert-alkyl or cyclic N) is 1. The van der Waals surface area contributed by atoms with E-state index in [1.807, 2.05) is 54.6 Å². The summed E-state index contributed by atoms with van der Waals surface area (Å²) in [4.78, 5) is 2.29. The standard InChI is InChI=1S/C21H25NO3/c23-18-14-21(25-20-9-5-4-8-17(18)20)10-12-22(13-11-21)15-19(24)16-6-2-1-3-7-16/h1-9,18-19,23-24H,10-15H2/t18-,19+/m1/s1. The number of benzene rings is 2. The number of piperidine rings is 1. The Morgan fingerprint density at radius 3 is 2.48 bits per heavy atom. The largest absolute Gasteiger partial charge is 0.487 e. The molecule has 0 unspecified atom stereocenters. The van der Waals surface area contributed by atoms with Crippen molar-refractivity contribution in [2.24, 2.45) is 0 Å². The molecule has 4 heteroatoms. The number of rotatable bonds is 3. The van der Waals surface area contributed by atoms with Crippen LogP contribution < -0.4 is 4.74 Å². The maximum absolute atomic E-state index is 10.5. The summed E-state index contributed by atoms with van der Waals surface area (Å²) in [5, 5.41) is 20.9. The van der Waals surface area contributed by atoms with Crippen molar-refractivity contribution in [2.45, 2.75) is 37.1 Å². The Morgan fingerprint density at radius 1 is 1.04 bits per heavy atom. The Kier molecular flexibility index (Phi) is 4.50. The van der Waals surface area contributed by atoms with E-state index < -0.39 is 12.2 Å². The van der Waals surface area contributed by atoms with E-state index in [4.69, 9.17) is 4.74 Å². The number of hydrogen-bond acceptors (Lipinski definition) is 4. The van der Waals surface area contributed by atoms with Gasteiger partial charge in [-0.05, 0) is 24.5 Å². The van der Waals surface area contributed by atoms with Crippen LogP contribution in [0.4, 0.5) is 0 Å². The Balaban J connectivity index is 1.39. The van der Waals surface area contributed by atoms with Crippen LogP contribution in [-0.4, -0.2) is 40.3 Å². The van der Waals surface area contributed by atoms with E-state index in [1.54, 1.807) is 0 Å². The summed E-state index contributed by atoms with van der Waals surface area (Å²) in [6.07, 6.45) is 1.49. The minimum absolute atomic E-state index is 0.276. The number of fused-ring (bicyclic) bond motifs is 1. The third-order valence-corrected chi connectivity index (χ3v) is 5.55. The van der Waals surface area contributed by atoms with Crippen LogP contribution >= 0.6 is 0 Å². The van der Waals surface area contributed by atoms with Gasteiger partial charge in [-0.15, -0.1) is 0 Å². The average molecular weight is 339 g/mol. The van der Waals surface area contributed by atoms with Gasteiger partial charge in [0.05, 0.1) is 12.2 Å². The lowest BCUT2D eigenvalue weighted by Crippen LogP contribution is -2.51. The van der Waals surface area contributed by atoms with E-state index in [2.05, 4.69) is 4.90 Å². The molecule has 0 bridgehead atoms. The Hall–Kier alpha value is -1.88. The SMILES string of the molecule is O[C@@H]1CC2(CCN(C[C@H](O)c3ccccc3)CC2)Oc2ccccc21. The fourth-order valence-corrected chi connectivity index (χ4v) is 4.06. The number of nitrogens with zero attached hydrogens (tertiary/aromatic N) is 1. The summed E-state index contributed by atoms with van der Waals surface area (Å²) in [6.45, 7) is 2.39. The molecule has 2 aromatic rings. The van der Waals surface area contributed by atoms with Gasteiger partial charge in [-0.1, -0.05) is 48.5 Å². The molecule has 0 amide bonds. The lowest BCUT2D eigenvalue weighted by atomic mass is 9.81. The van der Waals surface area contributed by atoms with E-state index in [-0.39, 0.29) is 5.60 Å². The first-order valence-corrected chi connectivity index (χ1v) is 9.07. The van der Waals surface area contributed by atoms with Crippen LogP contribution in [0.5, 0.6) is 5.75 Å². The molecule has 2 aliphatic heterocycles. The van der Waals surface area contributed by atoms with Gasteiger partial charge in [0.15, 0.2) is 0 Å². The molecule has 4 rings (SSSR count). The summed E-state index contributed by atoms with van der Waals surface area (Å²) in [6, 6.07) is 17.6. The zero-order valence-electron chi connectivity index (χ0n) is 14.3. The molecule has 4 nitrogen and oxygen atoms in total. The highest BCUT2D eigenvalue weighted by molar-refractivity contribution is 5.38. The molecule has 1 fully saturated rings. The molecular weight excluding hydrogens is 314 g/mol. The highest BCUT2D eigenvalue weighted by Gasteiger charge is 2.42. The first kappa shape index (κ1) is 16.6. The van der Waals surface area contributed by atoms with Crippen LogP contribution in [0.25, 0.3) is 0 Å². The molecule has 2 heterocycles. The zero-order chi connectivity index (χ0) is 17.3. The first-order valence-electron chi connectivity index (χ1n) is 9.07. The Bertz CT molecular complexity index is 710. The predicted octanol–water partition coefficient (Wildman–Crippen LogP) is 3.07. The third kappa shape index (κ3) is 3.43. The molecule has 1 spiro atoms. The van der Waals surface area contributed by atoms with Crippen LogP contribution in [-0.2, 0) is 0 Å². The topological polar surface area (TPSA) is 52.9 Å². The van der Waals surface area contributed by atoms with Gasteiger partial charge in [0.25, 0.3) is 0 Å². The summed E-state index contributed by atoms with van der Waals surface area (Å²) >= 11 is 0. The van der Waals surface area contributed by atoms with E-state index in [1.165, 1.54) is 0 Å². The van der Waals surface area contributed by atoms with Crippen molar-refractivity contribution >= 4 is 0 Å². The predicted molar refractivity (Wildman–Crippen MR) is 96.5 cm³/mol. The van der Waals surface area contributed by atoms with Crippen molar-refractivity contribution in [3.05, 3.63) is 65.7 Å². The lowest BCUT2D eigenvalue weighted by molar-refractivity contribution is -0.0587. The van der Waals surface area contributed by atoms with Gasteiger partial charge in [-0.3, -0.25) is 0 Å². The molecule has 2 aromatic carbocycles. The van der Waals surface area contributed by atoms with E-state index >= 15 is 0 Å². The third-order valence-electron chi connectivity index (χ3n) is 5.55. The molecule has 25 heavy (non-hydrogen) atoms. The first-order chi connectivity index (χ1) is 12.2. The van der Waals surface area contributed by atoms with Crippen LogP contribution in [0, 0.1) is 0 Å². The van der Waals surface area contributed by atoms with Gasteiger partial charge in [-0.2, -0.15) is 0 Å². The molecule has 0 saturated carbocycles. The van der Waals surface area contributed by atoms with Crippen LogP contribution in [0.2, 0.25) is 0 Å². The molecular formula is C21H25NO3. The number of hydrogen-bond donors (Lipinski definition) is 2. The summed E-state index contributed by atoms with van der Waals surface area (Å²) in [5.41, 5.74) is 1.58. The fraction of sp³-hybridized carbons (Fsp3) is 0.429. The number of likely N-dealkylation sites (tertiary alicyclic amines) is 1. The number of para-hydroxylation sites is 1. The maximum atomic E-state index is 10.5. The van der Waals surface area contributed by atoms with Gasteiger partial charge in [-0.25, -0.2) is 0 Å². The minimum atomic E-state index is -0.464. The zero-order valence-corrected chi connectivity index (χ0v) is 14.3. The Labute approximate surface area is 148 Å². The highest BCUT2D eigenvalue weighted by Crippen LogP contribution is 2.44. The smallest absolute Gasteiger partial charge is 0.125 e. The fourth-order valence-electron chi connectivity index (χ4n) is 4.06. The second kappa shape index (κ2) is 6.79. The van der Waals surface area contributed by atoms with E-state index in [9.17, 15) is 10.2 Å². The number of aliphatic hydroxyl groups excluding tert-OH is 2. The minimum Gasteiger partial charge on any atom is -0.487 e. The van der Waals surface area contributed by atoms with Crippen LogP contribution in [0.3, 0.4) is 0 Å². The lowest BCUT2D eigenvalue weighted by Gasteiger charge is -2.46. The molecule has 0 aromatic heterocycles. The molecule has 0 radical (unpaired) electrons. The van der Waals surface area contributed by atoms with Crippen LogP contribution in [0.1, 0.15) is 42.6 Å². The van der Waals surface area contributed by atoms with Crippen molar-refractivity contribution in [3.8, 4) is 5.75 Å². The summed E-state index contributed by atoms with van der Waals surface area (Å²) in [5.74, 6) is 0.819. The van der Waals surface area contributed by atoms with Crippen molar-refractivity contribution in [1.82, 2.24) is 4.90 Å². The van der Waals surface area contributed by atoms with Crippen molar-refractivity contribution in [3.63, 3.8) is 0 Å². The van der Waals surface area contributed by atoms with Crippen molar-refractivity contribution < 1.29 is 14.9 Å². The maximum Gasteiger partial charge on any atom is 0.125 e. The van der Waals surface area contributed by atoms with Crippen LogP contribution in [0.15, 0.2) is 54.6 Å². The van der Waals surface area contributed by atoms with Gasteiger partial charge in [0.2, 0.25) is 0 Å². The average Bonchev–Trinajstić information content (AvgIpc) is 2.64. The Morgan fingerprint density at radius 2 is 1.72 bits per heavy atom. The molecule has 1 saturated heterocycles. The second-order valence-electron chi connectivity index (χ2n) is 7.27. The van der Waals surface area contributed by atoms with Crippen molar-refractivity contribution in [1.29, 1.82) is 0 Å². The molecule has 0 aliphatic carbocycles. The number of aliphatic hydroxyl groups is 2. The van der Waals surface area contributed by atoms with E-state index in [0.717, 1.165) is 42.8 Å². The molecule has 132 valence electrons. The normalized spacial score (nSPS) is 23.7. The summed E-state index contributed by atoms with van der Waals surface area (Å²) < 4.78 is 6.32. The monoisotopic (exact) mass is 339 g/mol. The van der Waals surface area contributed by atoms with Gasteiger partial charge >= 0.3 is 0 Å². The summed E-state index contributed by atoms with van der Waals surface area (Å²) in [7, 11) is 0. The molecule has 2 N–H and O–H groups in total. The van der Waals surface area contributed by atoms with E-state index in [0.29, 0.717) is 13.0 Å². The molecule has 2 atom stereocenters. The molecule has 2 aliphatic rings. The number of ether oxygens (including phenoxy) is 1.